The summed E-state index contributed by atoms with van der Waals surface area (Å²) in [5.41, 5.74) is 1.18. The van der Waals surface area contributed by atoms with Gasteiger partial charge >= 0.3 is 0 Å². The van der Waals surface area contributed by atoms with E-state index in [1.165, 1.54) is 0 Å². The Bertz CT molecular complexity index is 546. The van der Waals surface area contributed by atoms with Crippen LogP contribution in [0.5, 0.6) is 0 Å². The van der Waals surface area contributed by atoms with Gasteiger partial charge in [-0.1, -0.05) is 45.0 Å². The third kappa shape index (κ3) is 2.65. The highest BCUT2D eigenvalue weighted by Crippen LogP contribution is 2.32. The Morgan fingerprint density at radius 2 is 2.00 bits per heavy atom. The van der Waals surface area contributed by atoms with E-state index in [1.807, 2.05) is 32.9 Å². The monoisotopic (exact) mass is 255 g/mol. The summed E-state index contributed by atoms with van der Waals surface area (Å²) in [7, 11) is 0. The first-order valence-corrected chi connectivity index (χ1v) is 6.27. The Morgan fingerprint density at radius 1 is 1.37 bits per heavy atom. The summed E-state index contributed by atoms with van der Waals surface area (Å²) in [5.74, 6) is 0.0144. The van der Waals surface area contributed by atoms with Crippen LogP contribution in [0.3, 0.4) is 0 Å². The van der Waals surface area contributed by atoms with Crippen molar-refractivity contribution in [3.8, 4) is 0 Å². The molecule has 0 spiro atoms. The summed E-state index contributed by atoms with van der Waals surface area (Å²) >= 11 is 0. The molecule has 1 unspecified atom stereocenters. The highest BCUT2D eigenvalue weighted by molar-refractivity contribution is 5.84. The Balaban J connectivity index is 2.25. The van der Waals surface area contributed by atoms with Gasteiger partial charge in [-0.3, -0.25) is 4.79 Å². The van der Waals surface area contributed by atoms with Crippen molar-refractivity contribution in [2.24, 2.45) is 10.5 Å². The second-order valence-electron chi connectivity index (χ2n) is 5.65. The number of nitrogens with zero attached hydrogens (tertiary/aromatic N) is 3. The molecule has 0 radical (unpaired) electrons. The maximum Gasteiger partial charge on any atom is 0.248 e. The summed E-state index contributed by atoms with van der Waals surface area (Å²) in [4.78, 5) is 15.7. The van der Waals surface area contributed by atoms with E-state index in [4.69, 9.17) is 6.57 Å². The van der Waals surface area contributed by atoms with Crippen LogP contribution in [-0.4, -0.2) is 17.1 Å². The molecule has 0 aromatic heterocycles. The highest BCUT2D eigenvalue weighted by Gasteiger charge is 2.34. The number of benzene rings is 1. The molecule has 1 aliphatic heterocycles. The van der Waals surface area contributed by atoms with E-state index in [-0.39, 0.29) is 11.9 Å². The van der Waals surface area contributed by atoms with Gasteiger partial charge in [0.25, 0.3) is 0 Å². The maximum absolute atomic E-state index is 12.3. The zero-order chi connectivity index (χ0) is 14.0. The Kier molecular flexibility index (Phi) is 3.39. The normalized spacial score (nSPS) is 18.4. The lowest BCUT2D eigenvalue weighted by molar-refractivity contribution is -0.141. The minimum atomic E-state index is -0.448. The topological polar surface area (TPSA) is 37.0 Å². The number of hydrazone groups is 1. The number of amides is 1. The van der Waals surface area contributed by atoms with Gasteiger partial charge in [0.1, 0.15) is 0 Å². The van der Waals surface area contributed by atoms with E-state index >= 15 is 0 Å². The molecule has 1 aromatic carbocycles. The Hall–Kier alpha value is -2.15. The molecule has 0 saturated heterocycles. The third-order valence-electron chi connectivity index (χ3n) is 3.09. The van der Waals surface area contributed by atoms with Crippen LogP contribution in [0.4, 0.5) is 5.69 Å². The fraction of sp³-hybridized carbons (Fsp3) is 0.400. The SMILES string of the molecule is [C-]#[N+]c1ccc(C2CC=NN2C(=O)C(C)(C)C)cc1. The fourth-order valence-electron chi connectivity index (χ4n) is 2.00. The molecule has 4 heteroatoms. The summed E-state index contributed by atoms with van der Waals surface area (Å²) in [5, 5.41) is 5.76. The molecule has 0 bridgehead atoms. The smallest absolute Gasteiger partial charge is 0.248 e. The molecule has 19 heavy (non-hydrogen) atoms. The first-order valence-electron chi connectivity index (χ1n) is 6.27. The van der Waals surface area contributed by atoms with E-state index in [0.29, 0.717) is 5.69 Å². The van der Waals surface area contributed by atoms with Crippen LogP contribution < -0.4 is 0 Å². The average Bonchev–Trinajstić information content (AvgIpc) is 2.85. The summed E-state index contributed by atoms with van der Waals surface area (Å²) in [6.45, 7) is 12.6. The number of hydrogen-bond acceptors (Lipinski definition) is 2. The predicted molar refractivity (Wildman–Crippen MR) is 74.9 cm³/mol. The first kappa shape index (κ1) is 13.3. The molecule has 0 N–H and O–H groups in total. The summed E-state index contributed by atoms with van der Waals surface area (Å²) in [6.07, 6.45) is 2.50. The fourth-order valence-corrected chi connectivity index (χ4v) is 2.00. The van der Waals surface area contributed by atoms with Crippen LogP contribution in [0.25, 0.3) is 4.85 Å². The maximum atomic E-state index is 12.3. The minimum absolute atomic E-state index is 0.0144. The van der Waals surface area contributed by atoms with E-state index in [9.17, 15) is 4.79 Å². The van der Waals surface area contributed by atoms with E-state index in [2.05, 4.69) is 9.95 Å². The zero-order valence-electron chi connectivity index (χ0n) is 11.4. The highest BCUT2D eigenvalue weighted by atomic mass is 16.2. The Labute approximate surface area is 113 Å². The van der Waals surface area contributed by atoms with Crippen LogP contribution in [0.15, 0.2) is 29.4 Å². The lowest BCUT2D eigenvalue weighted by Crippen LogP contribution is -2.36. The van der Waals surface area contributed by atoms with Crippen molar-refractivity contribution in [1.82, 2.24) is 5.01 Å². The van der Waals surface area contributed by atoms with Gasteiger partial charge in [0.05, 0.1) is 12.6 Å². The number of hydrogen-bond donors (Lipinski definition) is 0. The van der Waals surface area contributed by atoms with Gasteiger partial charge in [-0.2, -0.15) is 5.10 Å². The van der Waals surface area contributed by atoms with Crippen molar-refractivity contribution in [3.05, 3.63) is 41.2 Å². The van der Waals surface area contributed by atoms with Gasteiger partial charge in [0, 0.05) is 18.1 Å². The molecule has 0 aliphatic carbocycles. The van der Waals surface area contributed by atoms with E-state index < -0.39 is 5.41 Å². The Morgan fingerprint density at radius 3 is 2.53 bits per heavy atom. The molecule has 1 atom stereocenters. The van der Waals surface area contributed by atoms with Crippen LogP contribution in [0.2, 0.25) is 0 Å². The first-order chi connectivity index (χ1) is 8.93. The molecule has 0 saturated carbocycles. The molecule has 1 aliphatic rings. The molecule has 1 amide bonds. The van der Waals surface area contributed by atoms with Gasteiger partial charge in [-0.05, 0) is 5.56 Å². The number of carbonyl (C=O) groups excluding carboxylic acids is 1. The van der Waals surface area contributed by atoms with Crippen molar-refractivity contribution >= 4 is 17.8 Å². The van der Waals surface area contributed by atoms with Crippen LogP contribution in [0, 0.1) is 12.0 Å². The molecule has 98 valence electrons. The zero-order valence-corrected chi connectivity index (χ0v) is 11.4. The molecule has 1 aromatic rings. The molecule has 4 nitrogen and oxygen atoms in total. The minimum Gasteiger partial charge on any atom is -0.272 e. The van der Waals surface area contributed by atoms with Crippen molar-refractivity contribution in [3.63, 3.8) is 0 Å². The van der Waals surface area contributed by atoms with Gasteiger partial charge in [0.2, 0.25) is 5.91 Å². The second-order valence-corrected chi connectivity index (χ2v) is 5.65. The predicted octanol–water partition coefficient (Wildman–Crippen LogP) is 3.54. The van der Waals surface area contributed by atoms with E-state index in [1.54, 1.807) is 23.4 Å². The van der Waals surface area contributed by atoms with Gasteiger partial charge in [0.15, 0.2) is 5.69 Å². The lowest BCUT2D eigenvalue weighted by Gasteiger charge is -2.28. The lowest BCUT2D eigenvalue weighted by atomic mass is 9.93. The standard InChI is InChI=1S/C15H17N3O/c1-15(2,3)14(19)18-13(9-10-17-18)11-5-7-12(16-4)8-6-11/h5-8,10,13H,9H2,1-3H3. The molecule has 2 rings (SSSR count). The van der Waals surface area contributed by atoms with Crippen LogP contribution in [-0.2, 0) is 4.79 Å². The van der Waals surface area contributed by atoms with E-state index in [0.717, 1.165) is 12.0 Å². The molecular weight excluding hydrogens is 238 g/mol. The number of rotatable bonds is 1. The van der Waals surface area contributed by atoms with Gasteiger partial charge in [-0.25, -0.2) is 9.85 Å². The van der Waals surface area contributed by atoms with Crippen molar-refractivity contribution in [2.45, 2.75) is 33.2 Å². The van der Waals surface area contributed by atoms with Crippen LogP contribution >= 0.6 is 0 Å². The summed E-state index contributed by atoms with van der Waals surface area (Å²) in [6, 6.07) is 7.30. The molecule has 1 heterocycles. The summed E-state index contributed by atoms with van der Waals surface area (Å²) < 4.78 is 0. The van der Waals surface area contributed by atoms with Crippen molar-refractivity contribution in [2.75, 3.05) is 0 Å². The van der Waals surface area contributed by atoms with Crippen LogP contribution in [0.1, 0.15) is 38.8 Å². The van der Waals surface area contributed by atoms with Crippen molar-refractivity contribution < 1.29 is 4.79 Å². The molecule has 0 fully saturated rings. The molecular formula is C15H17N3O. The second kappa shape index (κ2) is 4.85. The van der Waals surface area contributed by atoms with Gasteiger partial charge < -0.3 is 0 Å². The van der Waals surface area contributed by atoms with Crippen molar-refractivity contribution in [1.29, 1.82) is 0 Å². The average molecular weight is 255 g/mol. The number of carbonyl (C=O) groups is 1. The third-order valence-corrected chi connectivity index (χ3v) is 3.09. The largest absolute Gasteiger partial charge is 0.272 e. The van der Waals surface area contributed by atoms with Gasteiger partial charge in [-0.15, -0.1) is 0 Å². The quantitative estimate of drug-likeness (QED) is 0.707.